The first-order valence-electron chi connectivity index (χ1n) is 3.74. The van der Waals surface area contributed by atoms with Gasteiger partial charge in [-0.3, -0.25) is 4.79 Å². The molecule has 0 aliphatic heterocycles. The van der Waals surface area contributed by atoms with E-state index >= 15 is 0 Å². The van der Waals surface area contributed by atoms with Gasteiger partial charge in [0.1, 0.15) is 6.07 Å². The van der Waals surface area contributed by atoms with Gasteiger partial charge >= 0.3 is 5.97 Å². The van der Waals surface area contributed by atoms with Gasteiger partial charge in [-0.15, -0.1) is 0 Å². The molecule has 0 unspecified atom stereocenters. The van der Waals surface area contributed by atoms with Gasteiger partial charge < -0.3 is 10.8 Å². The molecular formula is C9H7ClN2O2. The maximum Gasteiger partial charge on any atom is 0.307 e. The van der Waals surface area contributed by atoms with E-state index in [1.807, 2.05) is 6.07 Å². The number of anilines is 1. The number of nitriles is 1. The van der Waals surface area contributed by atoms with E-state index in [4.69, 9.17) is 27.7 Å². The number of carboxylic acids is 1. The largest absolute Gasteiger partial charge is 0.481 e. The van der Waals surface area contributed by atoms with Crippen molar-refractivity contribution < 1.29 is 9.90 Å². The summed E-state index contributed by atoms with van der Waals surface area (Å²) in [6.45, 7) is 0. The van der Waals surface area contributed by atoms with Crippen LogP contribution < -0.4 is 5.73 Å². The minimum absolute atomic E-state index is 0.178. The molecule has 0 saturated heterocycles. The van der Waals surface area contributed by atoms with Crippen molar-refractivity contribution in [3.63, 3.8) is 0 Å². The number of benzene rings is 1. The SMILES string of the molecule is N#Cc1c(N)cc(Cl)cc1CC(=O)O. The Bertz CT molecular complexity index is 424. The molecule has 72 valence electrons. The smallest absolute Gasteiger partial charge is 0.307 e. The van der Waals surface area contributed by atoms with E-state index in [0.717, 1.165) is 0 Å². The predicted octanol–water partition coefficient (Wildman–Crippen LogP) is 1.42. The van der Waals surface area contributed by atoms with Gasteiger partial charge in [0.25, 0.3) is 0 Å². The summed E-state index contributed by atoms with van der Waals surface area (Å²) in [5, 5.41) is 17.6. The van der Waals surface area contributed by atoms with E-state index in [-0.39, 0.29) is 17.7 Å². The van der Waals surface area contributed by atoms with Crippen molar-refractivity contribution in [3.8, 4) is 6.07 Å². The maximum absolute atomic E-state index is 10.5. The second kappa shape index (κ2) is 3.99. The molecule has 0 amide bonds. The number of carboxylic acid groups (broad SMARTS) is 1. The summed E-state index contributed by atoms with van der Waals surface area (Å²) in [4.78, 5) is 10.5. The first-order valence-corrected chi connectivity index (χ1v) is 4.12. The molecule has 0 heterocycles. The van der Waals surface area contributed by atoms with E-state index in [0.29, 0.717) is 10.6 Å². The van der Waals surface area contributed by atoms with Gasteiger partial charge in [-0.1, -0.05) is 11.6 Å². The molecule has 0 atom stereocenters. The van der Waals surface area contributed by atoms with Crippen LogP contribution in [0.2, 0.25) is 5.02 Å². The summed E-state index contributed by atoms with van der Waals surface area (Å²) >= 11 is 5.68. The number of rotatable bonds is 2. The Morgan fingerprint density at radius 3 is 2.79 bits per heavy atom. The zero-order valence-corrected chi connectivity index (χ0v) is 7.88. The van der Waals surface area contributed by atoms with Crippen LogP contribution in [0.3, 0.4) is 0 Å². The average molecular weight is 211 g/mol. The van der Waals surface area contributed by atoms with Crippen molar-refractivity contribution in [1.29, 1.82) is 5.26 Å². The monoisotopic (exact) mass is 210 g/mol. The van der Waals surface area contributed by atoms with Crippen molar-refractivity contribution in [1.82, 2.24) is 0 Å². The van der Waals surface area contributed by atoms with Gasteiger partial charge in [0.05, 0.1) is 17.7 Å². The molecule has 1 aromatic carbocycles. The summed E-state index contributed by atoms with van der Waals surface area (Å²) in [5.74, 6) is -1.02. The highest BCUT2D eigenvalue weighted by Gasteiger charge is 2.10. The second-order valence-corrected chi connectivity index (χ2v) is 3.15. The van der Waals surface area contributed by atoms with Crippen molar-refractivity contribution in [2.24, 2.45) is 0 Å². The van der Waals surface area contributed by atoms with E-state index in [1.165, 1.54) is 12.1 Å². The van der Waals surface area contributed by atoms with Gasteiger partial charge in [0, 0.05) is 5.02 Å². The number of aliphatic carboxylic acids is 1. The number of hydrogen-bond acceptors (Lipinski definition) is 3. The fraction of sp³-hybridized carbons (Fsp3) is 0.111. The van der Waals surface area contributed by atoms with Crippen LogP contribution in [0.15, 0.2) is 12.1 Å². The average Bonchev–Trinajstić information content (AvgIpc) is 2.01. The highest BCUT2D eigenvalue weighted by atomic mass is 35.5. The molecule has 1 rings (SSSR count). The van der Waals surface area contributed by atoms with Crippen molar-refractivity contribution in [2.45, 2.75) is 6.42 Å². The molecule has 0 aliphatic rings. The van der Waals surface area contributed by atoms with Crippen LogP contribution in [-0.2, 0) is 11.2 Å². The van der Waals surface area contributed by atoms with E-state index < -0.39 is 5.97 Å². The first kappa shape index (κ1) is 10.4. The normalized spacial score (nSPS) is 9.43. The minimum atomic E-state index is -1.02. The lowest BCUT2D eigenvalue weighted by Gasteiger charge is -2.04. The highest BCUT2D eigenvalue weighted by Crippen LogP contribution is 2.22. The number of nitrogens with zero attached hydrogens (tertiary/aromatic N) is 1. The molecule has 0 bridgehead atoms. The van der Waals surface area contributed by atoms with Crippen LogP contribution in [0.4, 0.5) is 5.69 Å². The highest BCUT2D eigenvalue weighted by molar-refractivity contribution is 6.31. The third-order valence-electron chi connectivity index (χ3n) is 1.67. The lowest BCUT2D eigenvalue weighted by atomic mass is 10.0. The Labute approximate surface area is 85.5 Å². The number of halogens is 1. The molecule has 0 fully saturated rings. The molecule has 0 saturated carbocycles. The molecule has 0 spiro atoms. The van der Waals surface area contributed by atoms with Crippen LogP contribution >= 0.6 is 11.6 Å². The standard InChI is InChI=1S/C9H7ClN2O2/c10-6-1-5(2-9(13)14)7(4-11)8(12)3-6/h1,3H,2,12H2,(H,13,14). The Morgan fingerprint density at radius 2 is 2.29 bits per heavy atom. The maximum atomic E-state index is 10.5. The predicted molar refractivity (Wildman–Crippen MR) is 51.9 cm³/mol. The molecule has 3 N–H and O–H groups in total. The second-order valence-electron chi connectivity index (χ2n) is 2.71. The Morgan fingerprint density at radius 1 is 1.64 bits per heavy atom. The van der Waals surface area contributed by atoms with Crippen LogP contribution in [0.25, 0.3) is 0 Å². The lowest BCUT2D eigenvalue weighted by molar-refractivity contribution is -0.136. The first-order chi connectivity index (χ1) is 6.54. The fourth-order valence-corrected chi connectivity index (χ4v) is 1.37. The summed E-state index contributed by atoms with van der Waals surface area (Å²) in [5.41, 5.74) is 6.23. The Hall–Kier alpha value is -1.73. The van der Waals surface area contributed by atoms with Crippen molar-refractivity contribution in [3.05, 3.63) is 28.3 Å². The zero-order valence-electron chi connectivity index (χ0n) is 7.12. The minimum Gasteiger partial charge on any atom is -0.481 e. The molecule has 1 aromatic rings. The van der Waals surface area contributed by atoms with Gasteiger partial charge in [0.15, 0.2) is 0 Å². The number of hydrogen-bond donors (Lipinski definition) is 2. The van der Waals surface area contributed by atoms with Crippen molar-refractivity contribution >= 4 is 23.3 Å². The Balaban J connectivity index is 3.26. The number of nitrogens with two attached hydrogens (primary N) is 1. The number of carbonyl (C=O) groups is 1. The summed E-state index contributed by atoms with van der Waals surface area (Å²) in [6.07, 6.45) is -0.256. The fourth-order valence-electron chi connectivity index (χ4n) is 1.13. The van der Waals surface area contributed by atoms with Gasteiger partial charge in [-0.05, 0) is 17.7 Å². The quantitative estimate of drug-likeness (QED) is 0.723. The van der Waals surface area contributed by atoms with E-state index in [1.54, 1.807) is 0 Å². The van der Waals surface area contributed by atoms with Crippen LogP contribution in [-0.4, -0.2) is 11.1 Å². The van der Waals surface area contributed by atoms with Gasteiger partial charge in [0.2, 0.25) is 0 Å². The van der Waals surface area contributed by atoms with Crippen molar-refractivity contribution in [2.75, 3.05) is 5.73 Å². The topological polar surface area (TPSA) is 87.1 Å². The molecular weight excluding hydrogens is 204 g/mol. The van der Waals surface area contributed by atoms with Crippen LogP contribution in [0.5, 0.6) is 0 Å². The summed E-state index contributed by atoms with van der Waals surface area (Å²) < 4.78 is 0. The van der Waals surface area contributed by atoms with E-state index in [9.17, 15) is 4.79 Å². The zero-order chi connectivity index (χ0) is 10.7. The third-order valence-corrected chi connectivity index (χ3v) is 1.89. The van der Waals surface area contributed by atoms with E-state index in [2.05, 4.69) is 0 Å². The summed E-state index contributed by atoms with van der Waals surface area (Å²) in [7, 11) is 0. The molecule has 0 aromatic heterocycles. The van der Waals surface area contributed by atoms with Crippen LogP contribution in [0.1, 0.15) is 11.1 Å². The molecule has 0 aliphatic carbocycles. The Kier molecular flexibility index (Phi) is 2.95. The molecule has 0 radical (unpaired) electrons. The summed E-state index contributed by atoms with van der Waals surface area (Å²) in [6, 6.07) is 4.71. The molecule has 5 heteroatoms. The number of nitrogen functional groups attached to an aromatic ring is 1. The van der Waals surface area contributed by atoms with Gasteiger partial charge in [-0.25, -0.2) is 0 Å². The third kappa shape index (κ3) is 2.15. The molecule has 14 heavy (non-hydrogen) atoms. The molecule has 4 nitrogen and oxygen atoms in total. The van der Waals surface area contributed by atoms with Gasteiger partial charge in [-0.2, -0.15) is 5.26 Å². The van der Waals surface area contributed by atoms with Crippen LogP contribution in [0, 0.1) is 11.3 Å². The lowest BCUT2D eigenvalue weighted by Crippen LogP contribution is -2.04.